The number of rotatable bonds is 6. The highest BCUT2D eigenvalue weighted by molar-refractivity contribution is 5.76. The van der Waals surface area contributed by atoms with Crippen molar-refractivity contribution in [3.8, 4) is 5.88 Å². The first-order valence-corrected chi connectivity index (χ1v) is 8.16. The summed E-state index contributed by atoms with van der Waals surface area (Å²) in [5, 5.41) is 3.16. The monoisotopic (exact) mass is 306 g/mol. The summed E-state index contributed by atoms with van der Waals surface area (Å²) in [6.45, 7) is 6.22. The molecular weight excluding hydrogens is 280 g/mol. The van der Waals surface area contributed by atoms with Gasteiger partial charge in [0.1, 0.15) is 0 Å². The van der Waals surface area contributed by atoms with Crippen molar-refractivity contribution in [1.82, 2.24) is 14.9 Å². The number of nitrogens with zero attached hydrogens (tertiary/aromatic N) is 3. The van der Waals surface area contributed by atoms with Crippen LogP contribution < -0.4 is 10.1 Å². The summed E-state index contributed by atoms with van der Waals surface area (Å²) in [4.78, 5) is 22.6. The Bertz CT molecular complexity index is 471. The summed E-state index contributed by atoms with van der Waals surface area (Å²) in [7, 11) is 0. The number of hydrogen-bond donors (Lipinski definition) is 1. The Morgan fingerprint density at radius 2 is 1.91 bits per heavy atom. The van der Waals surface area contributed by atoms with Crippen molar-refractivity contribution in [2.45, 2.75) is 52.1 Å². The summed E-state index contributed by atoms with van der Waals surface area (Å²) in [5.74, 6) is 1.30. The molecular formula is C16H26N4O2. The van der Waals surface area contributed by atoms with Crippen molar-refractivity contribution in [1.29, 1.82) is 0 Å². The fourth-order valence-corrected chi connectivity index (χ4v) is 2.52. The summed E-state index contributed by atoms with van der Waals surface area (Å²) in [6, 6.07) is 0. The molecule has 0 unspecified atom stereocenters. The molecule has 22 heavy (non-hydrogen) atoms. The number of likely N-dealkylation sites (tertiary alicyclic amines) is 1. The number of carbonyl (C=O) groups excluding carboxylic acids is 1. The molecule has 2 heterocycles. The molecule has 6 nitrogen and oxygen atoms in total. The molecule has 6 heteroatoms. The number of aromatic nitrogens is 2. The minimum atomic E-state index is 0.0379. The Labute approximate surface area is 132 Å². The molecule has 1 aliphatic heterocycles. The zero-order chi connectivity index (χ0) is 15.8. The number of carbonyl (C=O) groups is 1. The van der Waals surface area contributed by atoms with Gasteiger partial charge in [0.15, 0.2) is 5.82 Å². The third-order valence-corrected chi connectivity index (χ3v) is 3.60. The first-order chi connectivity index (χ1) is 10.7. The number of anilines is 1. The predicted molar refractivity (Wildman–Crippen MR) is 86.0 cm³/mol. The lowest BCUT2D eigenvalue weighted by atomic mass is 10.2. The highest BCUT2D eigenvalue weighted by atomic mass is 16.5. The first-order valence-electron chi connectivity index (χ1n) is 8.16. The maximum Gasteiger partial charge on any atom is 0.257 e. The van der Waals surface area contributed by atoms with Gasteiger partial charge in [-0.3, -0.25) is 4.79 Å². The maximum absolute atomic E-state index is 12.2. The molecule has 0 bridgehead atoms. The van der Waals surface area contributed by atoms with E-state index < -0.39 is 0 Å². The quantitative estimate of drug-likeness (QED) is 0.874. The third-order valence-electron chi connectivity index (χ3n) is 3.60. The summed E-state index contributed by atoms with van der Waals surface area (Å²) < 4.78 is 5.60. The van der Waals surface area contributed by atoms with E-state index in [-0.39, 0.29) is 12.0 Å². The van der Waals surface area contributed by atoms with Gasteiger partial charge in [-0.15, -0.1) is 0 Å². The van der Waals surface area contributed by atoms with Crippen molar-refractivity contribution >= 4 is 11.7 Å². The van der Waals surface area contributed by atoms with E-state index in [1.54, 1.807) is 12.4 Å². The van der Waals surface area contributed by atoms with Gasteiger partial charge in [0, 0.05) is 38.4 Å². The minimum absolute atomic E-state index is 0.0379. The van der Waals surface area contributed by atoms with Crippen LogP contribution in [0, 0.1) is 0 Å². The van der Waals surface area contributed by atoms with Gasteiger partial charge in [-0.1, -0.05) is 12.8 Å². The van der Waals surface area contributed by atoms with Crippen molar-refractivity contribution in [3.63, 3.8) is 0 Å². The van der Waals surface area contributed by atoms with Gasteiger partial charge in [-0.05, 0) is 26.7 Å². The molecule has 1 saturated heterocycles. The van der Waals surface area contributed by atoms with E-state index in [9.17, 15) is 4.79 Å². The fraction of sp³-hybridized carbons (Fsp3) is 0.688. The molecule has 1 aromatic heterocycles. The van der Waals surface area contributed by atoms with Crippen LogP contribution in [-0.2, 0) is 4.79 Å². The van der Waals surface area contributed by atoms with Crippen molar-refractivity contribution < 1.29 is 9.53 Å². The number of amides is 1. The van der Waals surface area contributed by atoms with E-state index in [1.807, 2.05) is 18.7 Å². The lowest BCUT2D eigenvalue weighted by Gasteiger charge is -2.20. The van der Waals surface area contributed by atoms with Crippen molar-refractivity contribution in [2.24, 2.45) is 0 Å². The standard InChI is InChI=1S/C16H26N4O2/c1-13(2)22-16-15(18-9-10-19-16)17-8-7-14(21)20-11-5-3-4-6-12-20/h9-10,13H,3-8,11-12H2,1-2H3,(H,17,18). The van der Waals surface area contributed by atoms with Crippen LogP contribution in [-0.4, -0.2) is 46.5 Å². The van der Waals surface area contributed by atoms with Crippen LogP contribution in [0.25, 0.3) is 0 Å². The Morgan fingerprint density at radius 3 is 2.59 bits per heavy atom. The van der Waals surface area contributed by atoms with Gasteiger partial charge in [0.05, 0.1) is 6.10 Å². The maximum atomic E-state index is 12.2. The van der Waals surface area contributed by atoms with E-state index in [2.05, 4.69) is 15.3 Å². The van der Waals surface area contributed by atoms with E-state index >= 15 is 0 Å². The van der Waals surface area contributed by atoms with Crippen LogP contribution in [0.4, 0.5) is 5.82 Å². The molecule has 1 N–H and O–H groups in total. The molecule has 0 saturated carbocycles. The van der Waals surface area contributed by atoms with Gasteiger partial charge in [-0.2, -0.15) is 0 Å². The van der Waals surface area contributed by atoms with E-state index in [4.69, 9.17) is 4.74 Å². The SMILES string of the molecule is CC(C)Oc1nccnc1NCCC(=O)N1CCCCCC1. The zero-order valence-electron chi connectivity index (χ0n) is 13.5. The Balaban J connectivity index is 1.81. The molecule has 1 fully saturated rings. The topological polar surface area (TPSA) is 67.4 Å². The Kier molecular flexibility index (Phi) is 6.43. The molecule has 1 aromatic rings. The number of nitrogens with one attached hydrogen (secondary N) is 1. The van der Waals surface area contributed by atoms with Crippen LogP contribution in [0.2, 0.25) is 0 Å². The first kappa shape index (κ1) is 16.5. The van der Waals surface area contributed by atoms with Crippen LogP contribution in [0.15, 0.2) is 12.4 Å². The Hall–Kier alpha value is -1.85. The number of ether oxygens (including phenoxy) is 1. The fourth-order valence-electron chi connectivity index (χ4n) is 2.52. The van der Waals surface area contributed by atoms with Crippen molar-refractivity contribution in [3.05, 3.63) is 12.4 Å². The molecule has 0 spiro atoms. The average molecular weight is 306 g/mol. The predicted octanol–water partition coefficient (Wildman–Crippen LogP) is 2.47. The number of hydrogen-bond acceptors (Lipinski definition) is 5. The van der Waals surface area contributed by atoms with Gasteiger partial charge in [0.2, 0.25) is 5.91 Å². The summed E-state index contributed by atoms with van der Waals surface area (Å²) >= 11 is 0. The zero-order valence-corrected chi connectivity index (χ0v) is 13.5. The van der Waals surface area contributed by atoms with Gasteiger partial charge >= 0.3 is 0 Å². The highest BCUT2D eigenvalue weighted by Crippen LogP contribution is 2.18. The Morgan fingerprint density at radius 1 is 1.23 bits per heavy atom. The lowest BCUT2D eigenvalue weighted by molar-refractivity contribution is -0.130. The van der Waals surface area contributed by atoms with E-state index in [0.717, 1.165) is 25.9 Å². The molecule has 0 radical (unpaired) electrons. The molecule has 2 rings (SSSR count). The largest absolute Gasteiger partial charge is 0.472 e. The smallest absolute Gasteiger partial charge is 0.257 e. The molecule has 1 amide bonds. The van der Waals surface area contributed by atoms with Crippen LogP contribution >= 0.6 is 0 Å². The second kappa shape index (κ2) is 8.56. The summed E-state index contributed by atoms with van der Waals surface area (Å²) in [5.41, 5.74) is 0. The second-order valence-electron chi connectivity index (χ2n) is 5.85. The highest BCUT2D eigenvalue weighted by Gasteiger charge is 2.15. The van der Waals surface area contributed by atoms with Crippen molar-refractivity contribution in [2.75, 3.05) is 25.0 Å². The minimum Gasteiger partial charge on any atom is -0.472 e. The van der Waals surface area contributed by atoms with Gasteiger partial charge in [-0.25, -0.2) is 9.97 Å². The molecule has 0 aliphatic carbocycles. The lowest BCUT2D eigenvalue weighted by Crippen LogP contribution is -2.33. The normalized spacial score (nSPS) is 15.5. The van der Waals surface area contributed by atoms with Crippen LogP contribution in [0.5, 0.6) is 5.88 Å². The summed E-state index contributed by atoms with van der Waals surface area (Å²) in [6.07, 6.45) is 8.44. The molecule has 122 valence electrons. The second-order valence-corrected chi connectivity index (χ2v) is 5.85. The third kappa shape index (κ3) is 5.16. The van der Waals surface area contributed by atoms with E-state index in [1.165, 1.54) is 12.8 Å². The molecule has 1 aliphatic rings. The average Bonchev–Trinajstić information content (AvgIpc) is 2.77. The van der Waals surface area contributed by atoms with Gasteiger partial charge in [0.25, 0.3) is 5.88 Å². The van der Waals surface area contributed by atoms with E-state index in [0.29, 0.717) is 24.7 Å². The molecule has 0 aromatic carbocycles. The molecule has 0 atom stereocenters. The van der Waals surface area contributed by atoms with Gasteiger partial charge < -0.3 is 15.0 Å². The van der Waals surface area contributed by atoms with Crippen LogP contribution in [0.1, 0.15) is 46.0 Å². The van der Waals surface area contributed by atoms with Crippen LogP contribution in [0.3, 0.4) is 0 Å².